The number of halogens is 1. The molecule has 3 unspecified atom stereocenters. The molecule has 0 saturated heterocycles. The molecule has 94 valence electrons. The molecular formula is C13H18BrNO2. The second-order valence-corrected chi connectivity index (χ2v) is 5.22. The Hall–Kier alpha value is -0.420. The third kappa shape index (κ3) is 3.07. The van der Waals surface area contributed by atoms with Crippen LogP contribution >= 0.6 is 15.9 Å². The van der Waals surface area contributed by atoms with Gasteiger partial charge in [-0.2, -0.15) is 0 Å². The van der Waals surface area contributed by atoms with Crippen LogP contribution in [0.2, 0.25) is 0 Å². The summed E-state index contributed by atoms with van der Waals surface area (Å²) in [5, 5.41) is 3.23. The van der Waals surface area contributed by atoms with E-state index in [9.17, 15) is 0 Å². The average molecular weight is 300 g/mol. The number of hydrogen-bond donors (Lipinski definition) is 1. The number of hydrogen-bond acceptors (Lipinski definition) is 3. The Kier molecular flexibility index (Phi) is 4.56. The minimum atomic E-state index is 0.176. The van der Waals surface area contributed by atoms with Crippen LogP contribution in [0.25, 0.3) is 0 Å². The van der Waals surface area contributed by atoms with Crippen molar-refractivity contribution >= 4 is 15.9 Å². The van der Waals surface area contributed by atoms with Gasteiger partial charge in [-0.25, -0.2) is 0 Å². The zero-order chi connectivity index (χ0) is 12.3. The molecule has 1 saturated carbocycles. The molecule has 1 aromatic carbocycles. The van der Waals surface area contributed by atoms with Gasteiger partial charge >= 0.3 is 0 Å². The van der Waals surface area contributed by atoms with E-state index in [0.717, 1.165) is 10.9 Å². The SMILES string of the molecule is CNC1CC(OCc2ccc(Br)cc2)C1OC. The monoisotopic (exact) mass is 299 g/mol. The normalized spacial score (nSPS) is 27.8. The average Bonchev–Trinajstić information content (AvgIpc) is 2.31. The van der Waals surface area contributed by atoms with Crippen LogP contribution in [0.4, 0.5) is 0 Å². The Labute approximate surface area is 111 Å². The Morgan fingerprint density at radius 2 is 2.06 bits per heavy atom. The maximum atomic E-state index is 5.86. The second kappa shape index (κ2) is 5.96. The molecule has 17 heavy (non-hydrogen) atoms. The third-order valence-electron chi connectivity index (χ3n) is 3.27. The first kappa shape index (κ1) is 13.0. The third-order valence-corrected chi connectivity index (χ3v) is 3.80. The first-order valence-corrected chi connectivity index (χ1v) is 6.60. The van der Waals surface area contributed by atoms with Crippen LogP contribution in [0.1, 0.15) is 12.0 Å². The zero-order valence-corrected chi connectivity index (χ0v) is 11.7. The second-order valence-electron chi connectivity index (χ2n) is 4.31. The summed E-state index contributed by atoms with van der Waals surface area (Å²) in [4.78, 5) is 0. The first-order valence-electron chi connectivity index (χ1n) is 5.80. The van der Waals surface area contributed by atoms with Crippen LogP contribution in [0.15, 0.2) is 28.7 Å². The molecule has 2 rings (SSSR count). The van der Waals surface area contributed by atoms with Crippen LogP contribution in [0.3, 0.4) is 0 Å². The summed E-state index contributed by atoms with van der Waals surface area (Å²) in [5.41, 5.74) is 1.19. The summed E-state index contributed by atoms with van der Waals surface area (Å²) in [6.45, 7) is 0.647. The van der Waals surface area contributed by atoms with Gasteiger partial charge in [-0.1, -0.05) is 28.1 Å². The number of rotatable bonds is 5. The van der Waals surface area contributed by atoms with E-state index >= 15 is 0 Å². The Bertz CT molecular complexity index is 355. The molecule has 0 bridgehead atoms. The van der Waals surface area contributed by atoms with Crippen molar-refractivity contribution in [3.8, 4) is 0 Å². The fourth-order valence-electron chi connectivity index (χ4n) is 2.13. The molecule has 4 heteroatoms. The highest BCUT2D eigenvalue weighted by molar-refractivity contribution is 9.10. The molecule has 1 aliphatic rings. The molecule has 0 radical (unpaired) electrons. The molecule has 0 spiro atoms. The largest absolute Gasteiger partial charge is 0.377 e. The standard InChI is InChI=1S/C13H18BrNO2/c1-15-11-7-12(13(11)16-2)17-8-9-3-5-10(14)6-4-9/h3-6,11-13,15H,7-8H2,1-2H3. The van der Waals surface area contributed by atoms with Gasteiger partial charge in [0.2, 0.25) is 0 Å². The highest BCUT2D eigenvalue weighted by Crippen LogP contribution is 2.27. The van der Waals surface area contributed by atoms with E-state index in [1.807, 2.05) is 19.2 Å². The van der Waals surface area contributed by atoms with Gasteiger partial charge in [0, 0.05) is 17.6 Å². The predicted molar refractivity (Wildman–Crippen MR) is 71.0 cm³/mol. The van der Waals surface area contributed by atoms with Crippen molar-refractivity contribution < 1.29 is 9.47 Å². The minimum absolute atomic E-state index is 0.176. The van der Waals surface area contributed by atoms with Crippen molar-refractivity contribution in [1.29, 1.82) is 0 Å². The predicted octanol–water partition coefficient (Wildman–Crippen LogP) is 2.34. The van der Waals surface area contributed by atoms with E-state index in [2.05, 4.69) is 33.4 Å². The lowest BCUT2D eigenvalue weighted by Gasteiger charge is -2.43. The highest BCUT2D eigenvalue weighted by atomic mass is 79.9. The van der Waals surface area contributed by atoms with E-state index in [1.165, 1.54) is 5.56 Å². The maximum Gasteiger partial charge on any atom is 0.0986 e. The Balaban J connectivity index is 1.81. The van der Waals surface area contributed by atoms with Crippen LogP contribution in [-0.4, -0.2) is 32.4 Å². The van der Waals surface area contributed by atoms with E-state index in [0.29, 0.717) is 12.6 Å². The molecule has 0 aliphatic heterocycles. The zero-order valence-electron chi connectivity index (χ0n) is 10.2. The molecule has 1 N–H and O–H groups in total. The van der Waals surface area contributed by atoms with E-state index in [4.69, 9.17) is 9.47 Å². The first-order chi connectivity index (χ1) is 8.24. The minimum Gasteiger partial charge on any atom is -0.377 e. The Morgan fingerprint density at radius 3 is 2.65 bits per heavy atom. The van der Waals surface area contributed by atoms with E-state index < -0.39 is 0 Å². The fourth-order valence-corrected chi connectivity index (χ4v) is 2.39. The van der Waals surface area contributed by atoms with Crippen molar-refractivity contribution in [3.05, 3.63) is 34.3 Å². The molecular weight excluding hydrogens is 282 g/mol. The summed E-state index contributed by atoms with van der Waals surface area (Å²) in [7, 11) is 3.70. The number of benzene rings is 1. The summed E-state index contributed by atoms with van der Waals surface area (Å²) in [6.07, 6.45) is 1.41. The topological polar surface area (TPSA) is 30.5 Å². The number of ether oxygens (including phenoxy) is 2. The fraction of sp³-hybridized carbons (Fsp3) is 0.538. The quantitative estimate of drug-likeness (QED) is 0.905. The van der Waals surface area contributed by atoms with Gasteiger partial charge in [0.1, 0.15) is 0 Å². The van der Waals surface area contributed by atoms with Gasteiger partial charge in [-0.15, -0.1) is 0 Å². The van der Waals surface area contributed by atoms with Crippen molar-refractivity contribution in [1.82, 2.24) is 5.32 Å². The number of methoxy groups -OCH3 is 1. The van der Waals surface area contributed by atoms with Gasteiger partial charge in [0.15, 0.2) is 0 Å². The van der Waals surface area contributed by atoms with Crippen molar-refractivity contribution in [2.45, 2.75) is 31.3 Å². The van der Waals surface area contributed by atoms with Gasteiger partial charge in [0.25, 0.3) is 0 Å². The summed E-state index contributed by atoms with van der Waals surface area (Å²) in [6, 6.07) is 8.63. The maximum absolute atomic E-state index is 5.86. The number of likely N-dealkylation sites (N-methyl/N-ethyl adjacent to an activating group) is 1. The Morgan fingerprint density at radius 1 is 1.35 bits per heavy atom. The summed E-state index contributed by atoms with van der Waals surface area (Å²) >= 11 is 3.42. The van der Waals surface area contributed by atoms with Crippen molar-refractivity contribution in [2.75, 3.05) is 14.2 Å². The lowest BCUT2D eigenvalue weighted by atomic mass is 9.85. The van der Waals surface area contributed by atoms with E-state index in [1.54, 1.807) is 7.11 Å². The number of nitrogens with one attached hydrogen (secondary N) is 1. The smallest absolute Gasteiger partial charge is 0.0986 e. The van der Waals surface area contributed by atoms with Gasteiger partial charge in [-0.05, 0) is 31.2 Å². The molecule has 1 aliphatic carbocycles. The lowest BCUT2D eigenvalue weighted by molar-refractivity contribution is -0.138. The van der Waals surface area contributed by atoms with Crippen molar-refractivity contribution in [3.63, 3.8) is 0 Å². The van der Waals surface area contributed by atoms with Crippen LogP contribution in [-0.2, 0) is 16.1 Å². The van der Waals surface area contributed by atoms with Gasteiger partial charge in [-0.3, -0.25) is 0 Å². The molecule has 3 nitrogen and oxygen atoms in total. The van der Waals surface area contributed by atoms with Crippen molar-refractivity contribution in [2.24, 2.45) is 0 Å². The molecule has 0 aromatic heterocycles. The van der Waals surface area contributed by atoms with Crippen LogP contribution < -0.4 is 5.32 Å². The van der Waals surface area contributed by atoms with Gasteiger partial charge < -0.3 is 14.8 Å². The van der Waals surface area contributed by atoms with E-state index in [-0.39, 0.29) is 12.2 Å². The summed E-state index contributed by atoms with van der Waals surface area (Å²) in [5.74, 6) is 0. The lowest BCUT2D eigenvalue weighted by Crippen LogP contribution is -2.58. The van der Waals surface area contributed by atoms with Crippen LogP contribution in [0, 0.1) is 0 Å². The summed E-state index contributed by atoms with van der Waals surface area (Å²) < 4.78 is 12.4. The van der Waals surface area contributed by atoms with Gasteiger partial charge in [0.05, 0.1) is 18.8 Å². The molecule has 0 heterocycles. The molecule has 1 aromatic rings. The molecule has 1 fully saturated rings. The highest BCUT2D eigenvalue weighted by Gasteiger charge is 2.41. The van der Waals surface area contributed by atoms with Crippen LogP contribution in [0.5, 0.6) is 0 Å². The molecule has 3 atom stereocenters. The molecule has 0 amide bonds.